The number of thioether (sulfide) groups is 1. The summed E-state index contributed by atoms with van der Waals surface area (Å²) < 4.78 is 14.6. The number of hydrogen-bond acceptors (Lipinski definition) is 7. The molecule has 0 aliphatic heterocycles. The molecule has 0 radical (unpaired) electrons. The number of methoxy groups -OCH3 is 2. The van der Waals surface area contributed by atoms with Crippen LogP contribution >= 0.6 is 11.8 Å². The van der Waals surface area contributed by atoms with E-state index in [1.54, 1.807) is 18.9 Å². The summed E-state index contributed by atoms with van der Waals surface area (Å²) in [6, 6.07) is 23.7. The minimum absolute atomic E-state index is 0.580. The van der Waals surface area contributed by atoms with Gasteiger partial charge in [0.1, 0.15) is 23.0 Å². The summed E-state index contributed by atoms with van der Waals surface area (Å²) in [6.07, 6.45) is 0. The molecule has 5 rings (SSSR count). The number of tetrazole rings is 1. The molecular formula is C23H20N6O2S. The van der Waals surface area contributed by atoms with E-state index in [0.29, 0.717) is 16.7 Å². The maximum absolute atomic E-state index is 5.47. The maximum atomic E-state index is 5.47. The van der Waals surface area contributed by atoms with Gasteiger partial charge in [0.2, 0.25) is 5.16 Å². The fraction of sp³-hybridized carbons (Fsp3) is 0.130. The van der Waals surface area contributed by atoms with Crippen molar-refractivity contribution < 1.29 is 9.47 Å². The van der Waals surface area contributed by atoms with E-state index in [4.69, 9.17) is 14.5 Å². The zero-order valence-corrected chi connectivity index (χ0v) is 18.4. The van der Waals surface area contributed by atoms with Crippen molar-refractivity contribution in [2.75, 3.05) is 14.2 Å². The minimum Gasteiger partial charge on any atom is -0.497 e. The third-order valence-corrected chi connectivity index (χ3v) is 5.96. The Labute approximate surface area is 188 Å². The lowest BCUT2D eigenvalue weighted by atomic mass is 10.2. The standard InChI is InChI=1S/C23H20N6O2S/c1-30-17-13-11-16(12-14-17)28-19-8-4-3-7-18(19)24-22(28)15-32-23-25-26-27-29(23)20-9-5-6-10-21(20)31-2/h3-14H,15H2,1-2H3. The lowest BCUT2D eigenvalue weighted by molar-refractivity contribution is 0.410. The van der Waals surface area contributed by atoms with Crippen LogP contribution in [0.3, 0.4) is 0 Å². The lowest BCUT2D eigenvalue weighted by Gasteiger charge is -2.11. The Balaban J connectivity index is 1.50. The van der Waals surface area contributed by atoms with Crippen molar-refractivity contribution in [1.29, 1.82) is 0 Å². The van der Waals surface area contributed by atoms with Crippen LogP contribution in [0.4, 0.5) is 0 Å². The molecule has 0 bridgehead atoms. The molecule has 0 aliphatic carbocycles. The molecule has 160 valence electrons. The van der Waals surface area contributed by atoms with E-state index in [1.807, 2.05) is 66.7 Å². The number of hydrogen-bond donors (Lipinski definition) is 0. The van der Waals surface area contributed by atoms with Gasteiger partial charge in [0.05, 0.1) is 31.0 Å². The molecular weight excluding hydrogens is 424 g/mol. The summed E-state index contributed by atoms with van der Waals surface area (Å²) in [4.78, 5) is 4.88. The smallest absolute Gasteiger partial charge is 0.214 e. The van der Waals surface area contributed by atoms with Gasteiger partial charge >= 0.3 is 0 Å². The number of aromatic nitrogens is 6. The van der Waals surface area contributed by atoms with Crippen molar-refractivity contribution in [2.24, 2.45) is 0 Å². The van der Waals surface area contributed by atoms with Gasteiger partial charge in [0, 0.05) is 5.69 Å². The topological polar surface area (TPSA) is 79.9 Å². The molecule has 0 amide bonds. The summed E-state index contributed by atoms with van der Waals surface area (Å²) in [5.74, 6) is 2.99. The first-order valence-electron chi connectivity index (χ1n) is 9.94. The van der Waals surface area contributed by atoms with E-state index in [9.17, 15) is 0 Å². The first kappa shape index (κ1) is 20.1. The first-order valence-corrected chi connectivity index (χ1v) is 10.9. The molecule has 32 heavy (non-hydrogen) atoms. The highest BCUT2D eigenvalue weighted by atomic mass is 32.2. The average Bonchev–Trinajstić information content (AvgIpc) is 3.47. The Morgan fingerprint density at radius 1 is 0.875 bits per heavy atom. The van der Waals surface area contributed by atoms with Crippen LogP contribution in [-0.4, -0.2) is 44.0 Å². The highest BCUT2D eigenvalue weighted by molar-refractivity contribution is 7.98. The van der Waals surface area contributed by atoms with Gasteiger partial charge in [-0.25, -0.2) is 4.98 Å². The molecule has 2 aromatic heterocycles. The minimum atomic E-state index is 0.580. The molecule has 0 saturated heterocycles. The molecule has 0 spiro atoms. The summed E-state index contributed by atoms with van der Waals surface area (Å²) >= 11 is 1.52. The van der Waals surface area contributed by atoms with Gasteiger partial charge in [-0.2, -0.15) is 4.68 Å². The molecule has 0 fully saturated rings. The van der Waals surface area contributed by atoms with Crippen molar-refractivity contribution in [1.82, 2.24) is 29.8 Å². The number of benzene rings is 3. The fourth-order valence-electron chi connectivity index (χ4n) is 3.55. The zero-order chi connectivity index (χ0) is 21.9. The Morgan fingerprint density at radius 2 is 1.66 bits per heavy atom. The molecule has 3 aromatic carbocycles. The second kappa shape index (κ2) is 8.72. The number of fused-ring (bicyclic) bond motifs is 1. The van der Waals surface area contributed by atoms with Crippen LogP contribution in [-0.2, 0) is 5.75 Å². The van der Waals surface area contributed by atoms with Gasteiger partial charge in [-0.15, -0.1) is 5.10 Å². The zero-order valence-electron chi connectivity index (χ0n) is 17.5. The van der Waals surface area contributed by atoms with Crippen LogP contribution in [0.15, 0.2) is 78.0 Å². The Morgan fingerprint density at radius 3 is 2.47 bits per heavy atom. The van der Waals surface area contributed by atoms with Crippen molar-refractivity contribution in [3.63, 3.8) is 0 Å². The van der Waals surface area contributed by atoms with Crippen LogP contribution in [0.5, 0.6) is 11.5 Å². The van der Waals surface area contributed by atoms with Crippen LogP contribution in [0, 0.1) is 0 Å². The average molecular weight is 445 g/mol. The van der Waals surface area contributed by atoms with Crippen LogP contribution < -0.4 is 9.47 Å². The second-order valence-electron chi connectivity index (χ2n) is 6.88. The highest BCUT2D eigenvalue weighted by Crippen LogP contribution is 2.30. The van der Waals surface area contributed by atoms with Crippen LogP contribution in [0.1, 0.15) is 5.82 Å². The molecule has 0 saturated carbocycles. The van der Waals surface area contributed by atoms with Crippen molar-refractivity contribution in [2.45, 2.75) is 10.9 Å². The molecule has 0 N–H and O–H groups in total. The molecule has 9 heteroatoms. The number of para-hydroxylation sites is 4. The third-order valence-electron chi connectivity index (χ3n) is 5.05. The van der Waals surface area contributed by atoms with Crippen LogP contribution in [0.25, 0.3) is 22.4 Å². The van der Waals surface area contributed by atoms with Crippen LogP contribution in [0.2, 0.25) is 0 Å². The summed E-state index contributed by atoms with van der Waals surface area (Å²) in [5, 5.41) is 12.9. The summed E-state index contributed by atoms with van der Waals surface area (Å²) in [5.41, 5.74) is 3.77. The van der Waals surface area contributed by atoms with Gasteiger partial charge < -0.3 is 9.47 Å². The molecule has 2 heterocycles. The van der Waals surface area contributed by atoms with Gasteiger partial charge in [-0.1, -0.05) is 36.0 Å². The van der Waals surface area contributed by atoms with E-state index in [0.717, 1.165) is 34.0 Å². The van der Waals surface area contributed by atoms with Crippen molar-refractivity contribution in [3.05, 3.63) is 78.6 Å². The van der Waals surface area contributed by atoms with Gasteiger partial charge in [-0.3, -0.25) is 4.57 Å². The van der Waals surface area contributed by atoms with E-state index in [2.05, 4.69) is 26.2 Å². The van der Waals surface area contributed by atoms with E-state index in [-0.39, 0.29) is 0 Å². The third kappa shape index (κ3) is 3.67. The molecule has 0 atom stereocenters. The normalized spacial score (nSPS) is 11.1. The van der Waals surface area contributed by atoms with E-state index in [1.165, 1.54) is 11.8 Å². The second-order valence-corrected chi connectivity index (χ2v) is 7.83. The lowest BCUT2D eigenvalue weighted by Crippen LogP contribution is -2.03. The van der Waals surface area contributed by atoms with E-state index < -0.39 is 0 Å². The van der Waals surface area contributed by atoms with E-state index >= 15 is 0 Å². The number of imidazole rings is 1. The molecule has 5 aromatic rings. The molecule has 8 nitrogen and oxygen atoms in total. The molecule has 0 aliphatic rings. The van der Waals surface area contributed by atoms with Crippen molar-refractivity contribution in [3.8, 4) is 22.9 Å². The number of nitrogens with zero attached hydrogens (tertiary/aromatic N) is 6. The molecule has 0 unspecified atom stereocenters. The van der Waals surface area contributed by atoms with Gasteiger partial charge in [-0.05, 0) is 59.0 Å². The Bertz CT molecular complexity index is 1360. The quantitative estimate of drug-likeness (QED) is 0.346. The summed E-state index contributed by atoms with van der Waals surface area (Å²) in [6.45, 7) is 0. The predicted molar refractivity (Wildman–Crippen MR) is 123 cm³/mol. The monoisotopic (exact) mass is 444 g/mol. The predicted octanol–water partition coefficient (Wildman–Crippen LogP) is 4.31. The first-order chi connectivity index (χ1) is 15.8. The summed E-state index contributed by atoms with van der Waals surface area (Å²) in [7, 11) is 3.29. The highest BCUT2D eigenvalue weighted by Gasteiger charge is 2.17. The Kier molecular flexibility index (Phi) is 5.47. The number of ether oxygens (including phenoxy) is 2. The largest absolute Gasteiger partial charge is 0.497 e. The van der Waals surface area contributed by atoms with Gasteiger partial charge in [0.25, 0.3) is 0 Å². The Hall–Kier alpha value is -3.85. The van der Waals surface area contributed by atoms with Crippen molar-refractivity contribution >= 4 is 22.8 Å². The SMILES string of the molecule is COc1ccc(-n2c(CSc3nnnn3-c3ccccc3OC)nc3ccccc32)cc1. The fourth-order valence-corrected chi connectivity index (χ4v) is 4.35. The maximum Gasteiger partial charge on any atom is 0.214 e. The van der Waals surface area contributed by atoms with Gasteiger partial charge in [0.15, 0.2) is 0 Å². The number of rotatable bonds is 7.